The van der Waals surface area contributed by atoms with E-state index < -0.39 is 0 Å². The van der Waals surface area contributed by atoms with Crippen molar-refractivity contribution in [2.24, 2.45) is 7.05 Å². The number of rotatable bonds is 3. The molecule has 1 aromatic carbocycles. The molecular weight excluding hydrogens is 190 g/mol. The summed E-state index contributed by atoms with van der Waals surface area (Å²) >= 11 is 0. The molecule has 1 aromatic heterocycles. The molecule has 0 fully saturated rings. The molecule has 76 valence electrons. The predicted molar refractivity (Wildman–Crippen MR) is 57.9 cm³/mol. The highest BCUT2D eigenvalue weighted by atomic mass is 16.1. The number of aldehydes is 1. The van der Waals surface area contributed by atoms with Gasteiger partial charge >= 0.3 is 0 Å². The first-order valence-electron chi connectivity index (χ1n) is 4.75. The van der Waals surface area contributed by atoms with E-state index in [2.05, 4.69) is 0 Å². The van der Waals surface area contributed by atoms with Crippen molar-refractivity contribution < 1.29 is 9.59 Å². The molecule has 1 heterocycles. The average Bonchev–Trinajstić information content (AvgIpc) is 2.58. The Hall–Kier alpha value is -1.90. The fourth-order valence-corrected chi connectivity index (χ4v) is 1.75. The van der Waals surface area contributed by atoms with Crippen LogP contribution in [0.1, 0.15) is 16.8 Å². The fourth-order valence-electron chi connectivity index (χ4n) is 1.75. The van der Waals surface area contributed by atoms with Crippen molar-refractivity contribution in [1.29, 1.82) is 0 Å². The summed E-state index contributed by atoms with van der Waals surface area (Å²) in [5.74, 6) is -0.123. The van der Waals surface area contributed by atoms with E-state index in [4.69, 9.17) is 0 Å². The number of aryl methyl sites for hydroxylation is 1. The summed E-state index contributed by atoms with van der Waals surface area (Å²) in [7, 11) is 1.89. The zero-order chi connectivity index (χ0) is 10.8. The number of Topliss-reactive ketones (excluding diaryl/α,β-unsaturated/α-hetero) is 1. The zero-order valence-corrected chi connectivity index (χ0v) is 8.43. The monoisotopic (exact) mass is 201 g/mol. The standard InChI is InChI=1S/C12H11NO2/c1-13-8-10(12(15)6-7-14)9-4-2-3-5-11(9)13/h2-5,7-8H,6H2,1H3. The van der Waals surface area contributed by atoms with E-state index in [0.717, 1.165) is 10.9 Å². The van der Waals surface area contributed by atoms with Crippen molar-refractivity contribution >= 4 is 23.0 Å². The number of hydrogen-bond donors (Lipinski definition) is 0. The molecule has 2 rings (SSSR count). The van der Waals surface area contributed by atoms with Crippen molar-refractivity contribution in [3.8, 4) is 0 Å². The molecule has 0 atom stereocenters. The maximum atomic E-state index is 11.6. The molecule has 0 aliphatic rings. The fraction of sp³-hybridized carbons (Fsp3) is 0.167. The van der Waals surface area contributed by atoms with Gasteiger partial charge in [-0.05, 0) is 6.07 Å². The van der Waals surface area contributed by atoms with E-state index in [0.29, 0.717) is 11.8 Å². The molecule has 0 radical (unpaired) electrons. The molecule has 3 nitrogen and oxygen atoms in total. The number of para-hydroxylation sites is 1. The Morgan fingerprint density at radius 1 is 1.40 bits per heavy atom. The summed E-state index contributed by atoms with van der Waals surface area (Å²) in [5.41, 5.74) is 1.63. The first kappa shape index (κ1) is 9.65. The molecule has 2 aromatic rings. The molecule has 0 saturated carbocycles. The summed E-state index contributed by atoms with van der Waals surface area (Å²) < 4.78 is 1.90. The molecule has 0 aliphatic heterocycles. The van der Waals surface area contributed by atoms with E-state index in [9.17, 15) is 9.59 Å². The van der Waals surface area contributed by atoms with Crippen molar-refractivity contribution in [2.45, 2.75) is 6.42 Å². The molecular formula is C12H11NO2. The van der Waals surface area contributed by atoms with E-state index in [1.165, 1.54) is 0 Å². The summed E-state index contributed by atoms with van der Waals surface area (Å²) in [4.78, 5) is 21.9. The van der Waals surface area contributed by atoms with Crippen LogP contribution in [-0.4, -0.2) is 16.6 Å². The van der Waals surface area contributed by atoms with Crippen LogP contribution in [-0.2, 0) is 11.8 Å². The van der Waals surface area contributed by atoms with E-state index in [1.807, 2.05) is 35.9 Å². The normalized spacial score (nSPS) is 10.5. The van der Waals surface area contributed by atoms with Crippen LogP contribution in [0.3, 0.4) is 0 Å². The summed E-state index contributed by atoms with van der Waals surface area (Å²) in [5, 5.41) is 0.909. The van der Waals surface area contributed by atoms with Gasteiger partial charge in [0, 0.05) is 29.7 Å². The van der Waals surface area contributed by atoms with Crippen LogP contribution in [0.4, 0.5) is 0 Å². The average molecular weight is 201 g/mol. The Morgan fingerprint density at radius 2 is 2.13 bits per heavy atom. The number of fused-ring (bicyclic) bond motifs is 1. The van der Waals surface area contributed by atoms with Crippen molar-refractivity contribution in [3.63, 3.8) is 0 Å². The van der Waals surface area contributed by atoms with Crippen LogP contribution in [0.5, 0.6) is 0 Å². The number of nitrogens with zero attached hydrogens (tertiary/aromatic N) is 1. The van der Waals surface area contributed by atoms with Crippen LogP contribution in [0, 0.1) is 0 Å². The molecule has 0 N–H and O–H groups in total. The lowest BCUT2D eigenvalue weighted by molar-refractivity contribution is -0.107. The van der Waals surface area contributed by atoms with Gasteiger partial charge in [-0.15, -0.1) is 0 Å². The third-order valence-electron chi connectivity index (χ3n) is 2.47. The van der Waals surface area contributed by atoms with Crippen molar-refractivity contribution in [2.75, 3.05) is 0 Å². The summed E-state index contributed by atoms with van der Waals surface area (Å²) in [6, 6.07) is 7.66. The van der Waals surface area contributed by atoms with Crippen molar-refractivity contribution in [3.05, 3.63) is 36.0 Å². The highest BCUT2D eigenvalue weighted by Gasteiger charge is 2.12. The summed E-state index contributed by atoms with van der Waals surface area (Å²) in [6.07, 6.45) is 2.37. The molecule has 0 spiro atoms. The van der Waals surface area contributed by atoms with Gasteiger partial charge in [0.05, 0.1) is 6.42 Å². The van der Waals surface area contributed by atoms with Crippen LogP contribution < -0.4 is 0 Å². The number of ketones is 1. The minimum atomic E-state index is -0.123. The van der Waals surface area contributed by atoms with Gasteiger partial charge in [0.2, 0.25) is 0 Å². The van der Waals surface area contributed by atoms with Crippen LogP contribution in [0.15, 0.2) is 30.5 Å². The van der Waals surface area contributed by atoms with E-state index in [1.54, 1.807) is 6.20 Å². The minimum Gasteiger partial charge on any atom is -0.350 e. The van der Waals surface area contributed by atoms with Crippen molar-refractivity contribution in [1.82, 2.24) is 4.57 Å². The second-order valence-electron chi connectivity index (χ2n) is 3.46. The second kappa shape index (κ2) is 3.69. The third-order valence-corrected chi connectivity index (χ3v) is 2.47. The van der Waals surface area contributed by atoms with Gasteiger partial charge in [-0.1, -0.05) is 18.2 Å². The molecule has 0 aliphatic carbocycles. The third kappa shape index (κ3) is 1.56. The molecule has 0 saturated heterocycles. The van der Waals surface area contributed by atoms with Gasteiger partial charge < -0.3 is 9.36 Å². The molecule has 3 heteroatoms. The van der Waals surface area contributed by atoms with Crippen LogP contribution in [0.25, 0.3) is 10.9 Å². The Morgan fingerprint density at radius 3 is 2.87 bits per heavy atom. The lowest BCUT2D eigenvalue weighted by Gasteiger charge is -1.94. The largest absolute Gasteiger partial charge is 0.350 e. The minimum absolute atomic E-state index is 0.0476. The number of hydrogen-bond acceptors (Lipinski definition) is 2. The van der Waals surface area contributed by atoms with Gasteiger partial charge in [-0.25, -0.2) is 0 Å². The maximum absolute atomic E-state index is 11.6. The number of carbonyl (C=O) groups excluding carboxylic acids is 2. The van der Waals surface area contributed by atoms with Gasteiger partial charge in [0.1, 0.15) is 6.29 Å². The Kier molecular flexibility index (Phi) is 2.37. The quantitative estimate of drug-likeness (QED) is 0.432. The van der Waals surface area contributed by atoms with Gasteiger partial charge in [-0.2, -0.15) is 0 Å². The smallest absolute Gasteiger partial charge is 0.172 e. The highest BCUT2D eigenvalue weighted by molar-refractivity contribution is 6.11. The highest BCUT2D eigenvalue weighted by Crippen LogP contribution is 2.21. The lowest BCUT2D eigenvalue weighted by Crippen LogP contribution is -1.98. The van der Waals surface area contributed by atoms with Gasteiger partial charge in [0.25, 0.3) is 0 Å². The predicted octanol–water partition coefficient (Wildman–Crippen LogP) is 1.95. The van der Waals surface area contributed by atoms with Gasteiger partial charge in [-0.3, -0.25) is 4.79 Å². The lowest BCUT2D eigenvalue weighted by atomic mass is 10.1. The van der Waals surface area contributed by atoms with E-state index in [-0.39, 0.29) is 12.2 Å². The Balaban J connectivity index is 2.61. The molecule has 0 bridgehead atoms. The first-order valence-corrected chi connectivity index (χ1v) is 4.75. The van der Waals surface area contributed by atoms with E-state index >= 15 is 0 Å². The summed E-state index contributed by atoms with van der Waals surface area (Å²) in [6.45, 7) is 0. The Labute approximate surface area is 87.3 Å². The van der Waals surface area contributed by atoms with Crippen LogP contribution in [0.2, 0.25) is 0 Å². The molecule has 0 unspecified atom stereocenters. The second-order valence-corrected chi connectivity index (χ2v) is 3.46. The zero-order valence-electron chi connectivity index (χ0n) is 8.43. The molecule has 15 heavy (non-hydrogen) atoms. The maximum Gasteiger partial charge on any atom is 0.172 e. The number of carbonyl (C=O) groups is 2. The number of aromatic nitrogens is 1. The first-order chi connectivity index (χ1) is 7.24. The van der Waals surface area contributed by atoms with Crippen LogP contribution >= 0.6 is 0 Å². The topological polar surface area (TPSA) is 39.1 Å². The Bertz CT molecular complexity index is 525. The number of benzene rings is 1. The van der Waals surface area contributed by atoms with Gasteiger partial charge in [0.15, 0.2) is 5.78 Å². The molecule has 0 amide bonds. The SMILES string of the molecule is Cn1cc(C(=O)CC=O)c2ccccc21.